The van der Waals surface area contributed by atoms with Crippen molar-refractivity contribution in [2.45, 2.75) is 18.9 Å². The fourth-order valence-corrected chi connectivity index (χ4v) is 2.70. The minimum absolute atomic E-state index is 0.0167. The number of carbonyl (C=O) groups excluding carboxylic acids is 3. The molecule has 9 heteroatoms. The Hall–Kier alpha value is -1.83. The Morgan fingerprint density at radius 1 is 1.24 bits per heavy atom. The van der Waals surface area contributed by atoms with Crippen LogP contribution in [0.4, 0.5) is 0 Å². The van der Waals surface area contributed by atoms with Gasteiger partial charge in [-0.05, 0) is 31.0 Å². The molecular weight excluding hydrogens is 371 g/mol. The molecule has 1 heterocycles. The van der Waals surface area contributed by atoms with E-state index in [-0.39, 0.29) is 23.2 Å². The summed E-state index contributed by atoms with van der Waals surface area (Å²) in [5, 5.41) is 5.56. The predicted octanol–water partition coefficient (Wildman–Crippen LogP) is 1.56. The number of nitrogens with one attached hydrogen (secondary N) is 2. The van der Waals surface area contributed by atoms with Gasteiger partial charge < -0.3 is 20.1 Å². The van der Waals surface area contributed by atoms with Crippen LogP contribution in [0.1, 0.15) is 23.2 Å². The Bertz CT molecular complexity index is 647. The molecule has 0 radical (unpaired) electrons. The van der Waals surface area contributed by atoms with Crippen molar-refractivity contribution in [1.82, 2.24) is 10.6 Å². The van der Waals surface area contributed by atoms with Crippen LogP contribution in [0.15, 0.2) is 18.2 Å². The first kappa shape index (κ1) is 19.5. The average molecular weight is 389 g/mol. The van der Waals surface area contributed by atoms with E-state index in [0.29, 0.717) is 18.2 Å². The normalized spacial score (nSPS) is 16.3. The minimum Gasteiger partial charge on any atom is -0.454 e. The van der Waals surface area contributed by atoms with Crippen LogP contribution in [-0.2, 0) is 19.1 Å². The summed E-state index contributed by atoms with van der Waals surface area (Å²) in [6.07, 6.45) is 1.90. The zero-order valence-corrected chi connectivity index (χ0v) is 14.9. The molecule has 1 aromatic carbocycles. The van der Waals surface area contributed by atoms with Crippen molar-refractivity contribution in [3.8, 4) is 0 Å². The molecule has 2 N–H and O–H groups in total. The van der Waals surface area contributed by atoms with Gasteiger partial charge in [-0.15, -0.1) is 0 Å². The van der Waals surface area contributed by atoms with Crippen molar-refractivity contribution in [3.05, 3.63) is 33.8 Å². The van der Waals surface area contributed by atoms with Crippen molar-refractivity contribution in [2.24, 2.45) is 0 Å². The molecule has 1 saturated heterocycles. The van der Waals surface area contributed by atoms with E-state index in [9.17, 15) is 14.4 Å². The Kier molecular flexibility index (Phi) is 7.49. The van der Waals surface area contributed by atoms with Crippen LogP contribution in [0.25, 0.3) is 0 Å². The molecule has 0 saturated carbocycles. The highest BCUT2D eigenvalue weighted by atomic mass is 35.5. The molecule has 1 aliphatic rings. The summed E-state index contributed by atoms with van der Waals surface area (Å²) in [6.45, 7) is 0.301. The van der Waals surface area contributed by atoms with E-state index >= 15 is 0 Å². The lowest BCUT2D eigenvalue weighted by atomic mass is 10.2. The van der Waals surface area contributed by atoms with E-state index in [0.717, 1.165) is 12.8 Å². The van der Waals surface area contributed by atoms with Gasteiger partial charge in [0.25, 0.3) is 11.8 Å². The van der Waals surface area contributed by atoms with Crippen molar-refractivity contribution in [2.75, 3.05) is 26.3 Å². The maximum Gasteiger partial charge on any atom is 0.325 e. The van der Waals surface area contributed by atoms with Crippen LogP contribution >= 0.6 is 23.2 Å². The first-order valence-electron chi connectivity index (χ1n) is 7.73. The third kappa shape index (κ3) is 6.53. The van der Waals surface area contributed by atoms with Crippen molar-refractivity contribution in [1.29, 1.82) is 0 Å². The molecule has 1 atom stereocenters. The van der Waals surface area contributed by atoms with Crippen LogP contribution in [0.3, 0.4) is 0 Å². The highest BCUT2D eigenvalue weighted by molar-refractivity contribution is 6.36. The predicted molar refractivity (Wildman–Crippen MR) is 91.7 cm³/mol. The number of esters is 1. The maximum atomic E-state index is 11.9. The van der Waals surface area contributed by atoms with Gasteiger partial charge in [0.2, 0.25) is 0 Å². The molecule has 0 aliphatic carbocycles. The van der Waals surface area contributed by atoms with Gasteiger partial charge in [-0.2, -0.15) is 0 Å². The van der Waals surface area contributed by atoms with Gasteiger partial charge in [-0.25, -0.2) is 0 Å². The van der Waals surface area contributed by atoms with Crippen LogP contribution in [0.5, 0.6) is 0 Å². The molecule has 7 nitrogen and oxygen atoms in total. The molecule has 0 unspecified atom stereocenters. The summed E-state index contributed by atoms with van der Waals surface area (Å²) < 4.78 is 10.2. The average Bonchev–Trinajstić information content (AvgIpc) is 3.09. The van der Waals surface area contributed by atoms with Crippen molar-refractivity contribution >= 4 is 41.0 Å². The van der Waals surface area contributed by atoms with Crippen molar-refractivity contribution < 1.29 is 23.9 Å². The highest BCUT2D eigenvalue weighted by Crippen LogP contribution is 2.20. The Labute approximate surface area is 154 Å². The summed E-state index contributed by atoms with van der Waals surface area (Å²) in [5.41, 5.74) is 0.188. The molecule has 2 rings (SSSR count). The van der Waals surface area contributed by atoms with Gasteiger partial charge in [-0.3, -0.25) is 14.4 Å². The third-order valence-corrected chi connectivity index (χ3v) is 4.03. The largest absolute Gasteiger partial charge is 0.454 e. The molecule has 1 aliphatic heterocycles. The van der Waals surface area contributed by atoms with E-state index in [4.69, 9.17) is 32.7 Å². The first-order chi connectivity index (χ1) is 12.0. The van der Waals surface area contributed by atoms with Crippen LogP contribution in [0, 0.1) is 0 Å². The van der Waals surface area contributed by atoms with Gasteiger partial charge in [-0.1, -0.05) is 23.2 Å². The van der Waals surface area contributed by atoms with Crippen molar-refractivity contribution in [3.63, 3.8) is 0 Å². The van der Waals surface area contributed by atoms with E-state index in [1.807, 2.05) is 0 Å². The second-order valence-electron chi connectivity index (χ2n) is 5.41. The van der Waals surface area contributed by atoms with E-state index < -0.39 is 24.4 Å². The second kappa shape index (κ2) is 9.60. The minimum atomic E-state index is -0.731. The number of rotatable bonds is 7. The summed E-state index contributed by atoms with van der Waals surface area (Å²) in [6, 6.07) is 4.39. The number of ether oxygens (including phenoxy) is 2. The summed E-state index contributed by atoms with van der Waals surface area (Å²) in [5.74, 6) is -1.69. The lowest BCUT2D eigenvalue weighted by Crippen LogP contribution is -2.36. The molecule has 1 aromatic rings. The van der Waals surface area contributed by atoms with Gasteiger partial charge in [0.1, 0.15) is 6.54 Å². The quantitative estimate of drug-likeness (QED) is 0.691. The molecule has 0 bridgehead atoms. The smallest absolute Gasteiger partial charge is 0.325 e. The zero-order valence-electron chi connectivity index (χ0n) is 13.3. The topological polar surface area (TPSA) is 93.7 Å². The second-order valence-corrected chi connectivity index (χ2v) is 6.25. The summed E-state index contributed by atoms with van der Waals surface area (Å²) in [4.78, 5) is 35.1. The van der Waals surface area contributed by atoms with E-state index in [1.165, 1.54) is 18.2 Å². The summed E-state index contributed by atoms with van der Waals surface area (Å²) in [7, 11) is 0. The molecule has 136 valence electrons. The Morgan fingerprint density at radius 3 is 2.72 bits per heavy atom. The number of amides is 2. The van der Waals surface area contributed by atoms with Gasteiger partial charge in [0.05, 0.1) is 16.7 Å². The van der Waals surface area contributed by atoms with Gasteiger partial charge in [0.15, 0.2) is 6.61 Å². The highest BCUT2D eigenvalue weighted by Gasteiger charge is 2.17. The standard InChI is InChI=1S/C16H18Cl2N2O5/c17-10-3-4-12(13(18)6-10)16(23)20-8-15(22)25-9-14(21)19-7-11-2-1-5-24-11/h3-4,6,11H,1-2,5,7-9H2,(H,19,21)(H,20,23)/t11-/m0/s1. The fraction of sp³-hybridized carbons (Fsp3) is 0.438. The molecule has 1 fully saturated rings. The zero-order chi connectivity index (χ0) is 18.2. The number of hydrogen-bond donors (Lipinski definition) is 2. The lowest BCUT2D eigenvalue weighted by molar-refractivity contribution is -0.147. The number of halogens is 2. The molecule has 2 amide bonds. The van der Waals surface area contributed by atoms with E-state index in [2.05, 4.69) is 10.6 Å². The van der Waals surface area contributed by atoms with Gasteiger partial charge in [0, 0.05) is 18.2 Å². The summed E-state index contributed by atoms with van der Waals surface area (Å²) >= 11 is 11.7. The molecule has 0 spiro atoms. The van der Waals surface area contributed by atoms with Crippen LogP contribution in [0.2, 0.25) is 10.0 Å². The molecule has 25 heavy (non-hydrogen) atoms. The third-order valence-electron chi connectivity index (χ3n) is 3.48. The lowest BCUT2D eigenvalue weighted by Gasteiger charge is -2.11. The molecular formula is C16H18Cl2N2O5. The number of hydrogen-bond acceptors (Lipinski definition) is 5. The van der Waals surface area contributed by atoms with E-state index in [1.54, 1.807) is 0 Å². The van der Waals surface area contributed by atoms with Gasteiger partial charge >= 0.3 is 5.97 Å². The van der Waals surface area contributed by atoms with Crippen LogP contribution < -0.4 is 10.6 Å². The first-order valence-corrected chi connectivity index (χ1v) is 8.48. The molecule has 0 aromatic heterocycles. The number of carbonyl (C=O) groups is 3. The Morgan fingerprint density at radius 2 is 2.04 bits per heavy atom. The monoisotopic (exact) mass is 388 g/mol. The Balaban J connectivity index is 1.65. The number of benzene rings is 1. The van der Waals surface area contributed by atoms with Crippen LogP contribution in [-0.4, -0.2) is 50.2 Å². The SMILES string of the molecule is O=C(COC(=O)CNC(=O)c1ccc(Cl)cc1Cl)NC[C@@H]1CCCO1. The fourth-order valence-electron chi connectivity index (χ4n) is 2.20. The maximum absolute atomic E-state index is 11.9.